The minimum absolute atomic E-state index is 0.352. The highest BCUT2D eigenvalue weighted by Gasteiger charge is 2.44. The molecule has 0 bridgehead atoms. The molecule has 0 saturated heterocycles. The molecule has 0 N–H and O–H groups in total. The Bertz CT molecular complexity index is 1420. The number of aryl methyl sites for hydroxylation is 2. The van der Waals surface area contributed by atoms with Crippen LogP contribution in [-0.4, -0.2) is 31.5 Å². The van der Waals surface area contributed by atoms with Gasteiger partial charge in [-0.05, 0) is 12.1 Å². The number of alkyl halides is 9. The van der Waals surface area contributed by atoms with E-state index in [1.54, 1.807) is 0 Å². The van der Waals surface area contributed by atoms with Crippen molar-refractivity contribution in [3.8, 4) is 0 Å². The van der Waals surface area contributed by atoms with E-state index in [-0.39, 0.29) is 5.39 Å². The number of halogens is 9. The molecule has 4 rings (SSSR count). The molecule has 0 radical (unpaired) electrons. The van der Waals surface area contributed by atoms with Crippen molar-refractivity contribution in [2.45, 2.75) is 18.5 Å². The number of fused-ring (bicyclic) bond motifs is 5. The number of hydrogen-bond donors (Lipinski definition) is 0. The Morgan fingerprint density at radius 3 is 1.72 bits per heavy atom. The Morgan fingerprint density at radius 2 is 1.22 bits per heavy atom. The molecule has 170 valence electrons. The van der Waals surface area contributed by atoms with Crippen LogP contribution in [-0.2, 0) is 26.4 Å². The summed E-state index contributed by atoms with van der Waals surface area (Å²) in [5.74, 6) is -2.52. The lowest BCUT2D eigenvalue weighted by molar-refractivity contribution is -0.143. The average molecular weight is 468 g/mol. The summed E-state index contributed by atoms with van der Waals surface area (Å²) in [6.07, 6.45) is -15.5. The molecule has 14 heteroatoms. The van der Waals surface area contributed by atoms with Gasteiger partial charge in [0.1, 0.15) is 22.4 Å². The third-order valence-electron chi connectivity index (χ3n) is 4.94. The van der Waals surface area contributed by atoms with E-state index < -0.39 is 68.5 Å². The molecule has 0 saturated carbocycles. The number of carbonyl (C=O) groups excluding carboxylic acids is 1. The molecule has 0 amide bonds. The van der Waals surface area contributed by atoms with Crippen molar-refractivity contribution in [2.75, 3.05) is 0 Å². The van der Waals surface area contributed by atoms with Crippen molar-refractivity contribution >= 4 is 38.4 Å². The SMILES string of the molecule is Cn1nc2c(cc(C(=O)C(F)(F)F)c3c2ccc2c(C(F)(F)F)n(C)nc23)c1C(F)(F)F. The van der Waals surface area contributed by atoms with E-state index in [2.05, 4.69) is 10.2 Å². The zero-order valence-corrected chi connectivity index (χ0v) is 15.8. The van der Waals surface area contributed by atoms with Gasteiger partial charge in [0, 0.05) is 41.2 Å². The van der Waals surface area contributed by atoms with Gasteiger partial charge in [-0.2, -0.15) is 49.7 Å². The standard InChI is InChI=1S/C18H9F9N4O/c1-30-13(16(19,20)21)7-4-3-6-10(12(7)29-30)8(15(32)18(25,26)27)5-9-11(6)28-31(2)14(9)17(22,23)24/h3-5H,1-2H3. The van der Waals surface area contributed by atoms with Crippen molar-refractivity contribution in [1.82, 2.24) is 19.6 Å². The number of carbonyl (C=O) groups is 1. The summed E-state index contributed by atoms with van der Waals surface area (Å²) in [7, 11) is 1.81. The molecule has 0 aliphatic heterocycles. The lowest BCUT2D eigenvalue weighted by atomic mass is 9.95. The van der Waals surface area contributed by atoms with Gasteiger partial charge in [-0.15, -0.1) is 0 Å². The fourth-order valence-electron chi connectivity index (χ4n) is 3.83. The van der Waals surface area contributed by atoms with Crippen LogP contribution in [0.25, 0.3) is 32.6 Å². The summed E-state index contributed by atoms with van der Waals surface area (Å²) in [4.78, 5) is 12.1. The van der Waals surface area contributed by atoms with Gasteiger partial charge in [0.25, 0.3) is 5.78 Å². The number of hydrogen-bond acceptors (Lipinski definition) is 3. The molecule has 4 aromatic rings. The summed E-state index contributed by atoms with van der Waals surface area (Å²) in [6, 6.07) is 2.12. The van der Waals surface area contributed by atoms with Crippen LogP contribution in [0.1, 0.15) is 21.7 Å². The number of Topliss-reactive ketones (excluding diaryl/α,β-unsaturated/α-hetero) is 1. The van der Waals surface area contributed by atoms with Gasteiger partial charge in [-0.1, -0.05) is 6.07 Å². The van der Waals surface area contributed by atoms with Gasteiger partial charge in [0.15, 0.2) is 0 Å². The maximum absolute atomic E-state index is 13.5. The first-order valence-electron chi connectivity index (χ1n) is 8.58. The minimum Gasteiger partial charge on any atom is -0.284 e. The molecule has 5 nitrogen and oxygen atoms in total. The Morgan fingerprint density at radius 1 is 0.750 bits per heavy atom. The van der Waals surface area contributed by atoms with E-state index in [9.17, 15) is 44.3 Å². The van der Waals surface area contributed by atoms with Gasteiger partial charge in [-0.3, -0.25) is 14.2 Å². The molecule has 2 aromatic carbocycles. The summed E-state index contributed by atoms with van der Waals surface area (Å²) in [5, 5.41) is 4.88. The lowest BCUT2D eigenvalue weighted by Gasteiger charge is -2.12. The third-order valence-corrected chi connectivity index (χ3v) is 4.94. The van der Waals surface area contributed by atoms with E-state index in [4.69, 9.17) is 0 Å². The van der Waals surface area contributed by atoms with Crippen molar-refractivity contribution in [2.24, 2.45) is 14.1 Å². The fourth-order valence-corrected chi connectivity index (χ4v) is 3.83. The fraction of sp³-hybridized carbons (Fsp3) is 0.278. The van der Waals surface area contributed by atoms with Gasteiger partial charge >= 0.3 is 18.5 Å². The van der Waals surface area contributed by atoms with Gasteiger partial charge in [0.2, 0.25) is 0 Å². The zero-order valence-electron chi connectivity index (χ0n) is 15.8. The van der Waals surface area contributed by atoms with Crippen LogP contribution in [0.4, 0.5) is 39.5 Å². The molecule has 2 heterocycles. The summed E-state index contributed by atoms with van der Waals surface area (Å²) in [5.41, 5.74) is -5.02. The minimum atomic E-state index is -5.51. The van der Waals surface area contributed by atoms with E-state index in [1.165, 1.54) is 0 Å². The van der Waals surface area contributed by atoms with Crippen LogP contribution in [0.2, 0.25) is 0 Å². The molecular formula is C18H9F9N4O. The van der Waals surface area contributed by atoms with Crippen LogP contribution in [0, 0.1) is 0 Å². The Labute approximate surface area is 171 Å². The van der Waals surface area contributed by atoms with E-state index in [0.29, 0.717) is 15.4 Å². The number of nitrogens with zero attached hydrogens (tertiary/aromatic N) is 4. The quantitative estimate of drug-likeness (QED) is 0.278. The second-order valence-electron chi connectivity index (χ2n) is 6.97. The average Bonchev–Trinajstić information content (AvgIpc) is 3.13. The van der Waals surface area contributed by atoms with Crippen LogP contribution < -0.4 is 0 Å². The van der Waals surface area contributed by atoms with E-state index in [1.807, 2.05) is 0 Å². The lowest BCUT2D eigenvalue weighted by Crippen LogP contribution is -2.23. The number of aromatic nitrogens is 4. The zero-order chi connectivity index (χ0) is 24.0. The molecule has 0 atom stereocenters. The summed E-state index contributed by atoms with van der Waals surface area (Å²) in [6.45, 7) is 0. The normalized spacial score (nSPS) is 13.6. The number of benzene rings is 2. The topological polar surface area (TPSA) is 52.7 Å². The monoisotopic (exact) mass is 468 g/mol. The van der Waals surface area contributed by atoms with Crippen molar-refractivity contribution in [3.05, 3.63) is 35.2 Å². The first-order valence-corrected chi connectivity index (χ1v) is 8.58. The summed E-state index contributed by atoms with van der Waals surface area (Å²) >= 11 is 0. The molecule has 0 spiro atoms. The van der Waals surface area contributed by atoms with Crippen LogP contribution in [0.15, 0.2) is 18.2 Å². The van der Waals surface area contributed by atoms with Gasteiger partial charge in [-0.25, -0.2) is 0 Å². The predicted molar refractivity (Wildman–Crippen MR) is 92.9 cm³/mol. The molecule has 32 heavy (non-hydrogen) atoms. The molecule has 0 fully saturated rings. The first kappa shape index (κ1) is 21.9. The van der Waals surface area contributed by atoms with Gasteiger partial charge < -0.3 is 0 Å². The van der Waals surface area contributed by atoms with E-state index in [0.717, 1.165) is 26.2 Å². The Kier molecular flexibility index (Phi) is 4.35. The largest absolute Gasteiger partial charge is 0.454 e. The predicted octanol–water partition coefficient (Wildman–Crippen LogP) is 5.40. The molecule has 0 aliphatic rings. The maximum Gasteiger partial charge on any atom is 0.454 e. The number of ketones is 1. The maximum atomic E-state index is 13.5. The smallest absolute Gasteiger partial charge is 0.284 e. The Hall–Kier alpha value is -3.32. The molecular weight excluding hydrogens is 459 g/mol. The van der Waals surface area contributed by atoms with Gasteiger partial charge in [0.05, 0.1) is 0 Å². The highest BCUT2D eigenvalue weighted by atomic mass is 19.4. The highest BCUT2D eigenvalue weighted by molar-refractivity contribution is 6.25. The van der Waals surface area contributed by atoms with Crippen LogP contribution >= 0.6 is 0 Å². The molecule has 2 aromatic heterocycles. The summed E-state index contributed by atoms with van der Waals surface area (Å²) < 4.78 is 121. The second-order valence-corrected chi connectivity index (χ2v) is 6.97. The molecule has 0 aliphatic carbocycles. The van der Waals surface area contributed by atoms with E-state index >= 15 is 0 Å². The molecule has 0 unspecified atom stereocenters. The highest BCUT2D eigenvalue weighted by Crippen LogP contribution is 2.43. The van der Waals surface area contributed by atoms with Crippen molar-refractivity contribution in [1.29, 1.82) is 0 Å². The van der Waals surface area contributed by atoms with Crippen molar-refractivity contribution in [3.63, 3.8) is 0 Å². The van der Waals surface area contributed by atoms with Crippen molar-refractivity contribution < 1.29 is 44.3 Å². The van der Waals surface area contributed by atoms with Crippen LogP contribution in [0.3, 0.4) is 0 Å². The number of rotatable bonds is 1. The Balaban J connectivity index is 2.28. The third kappa shape index (κ3) is 3.07. The second kappa shape index (κ2) is 6.36. The van der Waals surface area contributed by atoms with Crippen LogP contribution in [0.5, 0.6) is 0 Å². The first-order chi connectivity index (χ1) is 14.5.